The zero-order chi connectivity index (χ0) is 18.5. The Kier molecular flexibility index (Phi) is 9.00. The van der Waals surface area contributed by atoms with Gasteiger partial charge in [0.15, 0.2) is 5.96 Å². The molecule has 0 amide bonds. The number of hydrogen-bond acceptors (Lipinski definition) is 6. The van der Waals surface area contributed by atoms with E-state index in [0.29, 0.717) is 6.04 Å². The Morgan fingerprint density at radius 1 is 1.26 bits per heavy atom. The summed E-state index contributed by atoms with van der Waals surface area (Å²) in [4.78, 5) is 16.7. The van der Waals surface area contributed by atoms with E-state index in [2.05, 4.69) is 57.3 Å². The molecule has 3 rings (SSSR count). The first-order valence-electron chi connectivity index (χ1n) is 9.89. The van der Waals surface area contributed by atoms with Gasteiger partial charge in [-0.15, -0.1) is 24.0 Å². The Hall–Kier alpha value is -0.680. The van der Waals surface area contributed by atoms with Crippen LogP contribution in [0.25, 0.3) is 0 Å². The van der Waals surface area contributed by atoms with Crippen molar-refractivity contribution >= 4 is 46.6 Å². The molecular formula is C18H34IN7S. The molecule has 1 unspecified atom stereocenters. The number of anilines is 1. The summed E-state index contributed by atoms with van der Waals surface area (Å²) in [5.74, 6) is 2.85. The highest BCUT2D eigenvalue weighted by Crippen LogP contribution is 2.34. The van der Waals surface area contributed by atoms with Crippen LogP contribution in [0.1, 0.15) is 32.5 Å². The molecule has 1 aromatic heterocycles. The van der Waals surface area contributed by atoms with Gasteiger partial charge in [0.2, 0.25) is 5.13 Å². The van der Waals surface area contributed by atoms with E-state index in [1.807, 2.05) is 0 Å². The molecule has 1 atom stereocenters. The van der Waals surface area contributed by atoms with Gasteiger partial charge in [-0.3, -0.25) is 4.99 Å². The number of aromatic nitrogens is 2. The smallest absolute Gasteiger partial charge is 0.205 e. The summed E-state index contributed by atoms with van der Waals surface area (Å²) in [6, 6.07) is 0.568. The van der Waals surface area contributed by atoms with E-state index in [1.165, 1.54) is 24.4 Å². The maximum Gasteiger partial charge on any atom is 0.205 e. The molecule has 1 aliphatic heterocycles. The molecule has 0 bridgehead atoms. The topological polar surface area (TPSA) is 59.9 Å². The lowest BCUT2D eigenvalue weighted by Gasteiger charge is -2.36. The minimum Gasteiger partial charge on any atom is -0.357 e. The van der Waals surface area contributed by atoms with Crippen LogP contribution in [0.3, 0.4) is 0 Å². The summed E-state index contributed by atoms with van der Waals surface area (Å²) >= 11 is 1.52. The van der Waals surface area contributed by atoms with Crippen LogP contribution in [-0.2, 0) is 6.42 Å². The zero-order valence-corrected chi connectivity index (χ0v) is 20.2. The number of aliphatic imine (C=N–C) groups is 1. The van der Waals surface area contributed by atoms with Gasteiger partial charge >= 0.3 is 0 Å². The average molecular weight is 507 g/mol. The third-order valence-electron chi connectivity index (χ3n) is 5.22. The maximum absolute atomic E-state index is 4.98. The van der Waals surface area contributed by atoms with Crippen molar-refractivity contribution in [2.45, 2.75) is 39.2 Å². The predicted octanol–water partition coefficient (Wildman–Crippen LogP) is 2.15. The molecule has 0 spiro atoms. The standard InChI is InChI=1S/C18H33N7S.HI/c1-5-16-21-18(26-22-16)25-11-9-24(10-12-25)17(19-6-2)20-13-15(23(3)4)14-7-8-14;/h14-15H,5-13H2,1-4H3,(H,19,20);1H. The number of piperazine rings is 1. The van der Waals surface area contributed by atoms with Gasteiger partial charge in [0.25, 0.3) is 0 Å². The minimum absolute atomic E-state index is 0. The summed E-state index contributed by atoms with van der Waals surface area (Å²) in [7, 11) is 4.35. The number of hydrogen-bond donors (Lipinski definition) is 1. The second-order valence-electron chi connectivity index (χ2n) is 7.38. The molecule has 1 N–H and O–H groups in total. The molecule has 2 aliphatic rings. The molecular weight excluding hydrogens is 473 g/mol. The Morgan fingerprint density at radius 3 is 2.48 bits per heavy atom. The van der Waals surface area contributed by atoms with Gasteiger partial charge in [0, 0.05) is 56.7 Å². The molecule has 7 nitrogen and oxygen atoms in total. The number of rotatable bonds is 7. The fraction of sp³-hybridized carbons (Fsp3) is 0.833. The lowest BCUT2D eigenvalue weighted by molar-refractivity contribution is 0.269. The van der Waals surface area contributed by atoms with E-state index in [4.69, 9.17) is 4.99 Å². The summed E-state index contributed by atoms with van der Waals surface area (Å²) in [5.41, 5.74) is 0. The first kappa shape index (κ1) is 22.6. The second kappa shape index (κ2) is 10.8. The Morgan fingerprint density at radius 2 is 1.96 bits per heavy atom. The van der Waals surface area contributed by atoms with Crippen molar-refractivity contribution in [1.82, 2.24) is 24.5 Å². The lowest BCUT2D eigenvalue weighted by atomic mass is 10.2. The van der Waals surface area contributed by atoms with Crippen molar-refractivity contribution in [2.24, 2.45) is 10.9 Å². The number of nitrogens with one attached hydrogen (secondary N) is 1. The van der Waals surface area contributed by atoms with Crippen molar-refractivity contribution in [3.8, 4) is 0 Å². The van der Waals surface area contributed by atoms with Crippen molar-refractivity contribution in [1.29, 1.82) is 0 Å². The molecule has 1 aliphatic carbocycles. The van der Waals surface area contributed by atoms with E-state index in [1.54, 1.807) is 0 Å². The van der Waals surface area contributed by atoms with Crippen LogP contribution < -0.4 is 10.2 Å². The fourth-order valence-electron chi connectivity index (χ4n) is 3.45. The molecule has 0 aromatic carbocycles. The van der Waals surface area contributed by atoms with E-state index >= 15 is 0 Å². The Labute approximate surface area is 184 Å². The van der Waals surface area contributed by atoms with E-state index in [9.17, 15) is 0 Å². The average Bonchev–Trinajstić information content (AvgIpc) is 3.36. The second-order valence-corrected chi connectivity index (χ2v) is 8.11. The number of guanidine groups is 1. The van der Waals surface area contributed by atoms with E-state index in [0.717, 1.165) is 68.5 Å². The zero-order valence-electron chi connectivity index (χ0n) is 17.0. The highest BCUT2D eigenvalue weighted by atomic mass is 127. The molecule has 2 fully saturated rings. The number of nitrogens with zero attached hydrogens (tertiary/aromatic N) is 6. The molecule has 1 saturated carbocycles. The number of halogens is 1. The van der Waals surface area contributed by atoms with Crippen molar-refractivity contribution in [3.63, 3.8) is 0 Å². The fourth-order valence-corrected chi connectivity index (χ4v) is 4.25. The first-order chi connectivity index (χ1) is 12.6. The van der Waals surface area contributed by atoms with Gasteiger partial charge in [-0.25, -0.2) is 4.98 Å². The third kappa shape index (κ3) is 6.15. The monoisotopic (exact) mass is 507 g/mol. The first-order valence-corrected chi connectivity index (χ1v) is 10.7. The van der Waals surface area contributed by atoms with Crippen molar-refractivity contribution in [2.75, 3.05) is 58.3 Å². The number of likely N-dealkylation sites (N-methyl/N-ethyl adjacent to an activating group) is 1. The Bertz CT molecular complexity index is 592. The van der Waals surface area contributed by atoms with Crippen LogP contribution in [0, 0.1) is 5.92 Å². The SMILES string of the molecule is CCNC(=NCC(C1CC1)N(C)C)N1CCN(c2nc(CC)ns2)CC1.I. The quantitative estimate of drug-likeness (QED) is 0.347. The summed E-state index contributed by atoms with van der Waals surface area (Å²) in [5, 5.41) is 4.55. The molecule has 2 heterocycles. The van der Waals surface area contributed by atoms with E-state index in [-0.39, 0.29) is 24.0 Å². The van der Waals surface area contributed by atoms with Crippen LogP contribution in [0.2, 0.25) is 0 Å². The molecule has 154 valence electrons. The van der Waals surface area contributed by atoms with Crippen LogP contribution in [0.5, 0.6) is 0 Å². The van der Waals surface area contributed by atoms with Crippen LogP contribution in [0.4, 0.5) is 5.13 Å². The van der Waals surface area contributed by atoms with Crippen LogP contribution in [-0.4, -0.2) is 84.5 Å². The summed E-state index contributed by atoms with van der Waals surface area (Å²) in [6.07, 6.45) is 3.62. The van der Waals surface area contributed by atoms with Crippen molar-refractivity contribution in [3.05, 3.63) is 5.82 Å². The molecule has 27 heavy (non-hydrogen) atoms. The largest absolute Gasteiger partial charge is 0.357 e. The molecule has 1 aromatic rings. The highest BCUT2D eigenvalue weighted by molar-refractivity contribution is 14.0. The lowest BCUT2D eigenvalue weighted by Crippen LogP contribution is -2.53. The normalized spacial score (nSPS) is 19.2. The third-order valence-corrected chi connectivity index (χ3v) is 6.03. The summed E-state index contributed by atoms with van der Waals surface area (Å²) in [6.45, 7) is 9.94. The van der Waals surface area contributed by atoms with Crippen LogP contribution >= 0.6 is 35.5 Å². The molecule has 1 saturated heterocycles. The summed E-state index contributed by atoms with van der Waals surface area (Å²) < 4.78 is 4.42. The predicted molar refractivity (Wildman–Crippen MR) is 125 cm³/mol. The molecule has 0 radical (unpaired) electrons. The van der Waals surface area contributed by atoms with Gasteiger partial charge in [0.05, 0.1) is 6.54 Å². The minimum atomic E-state index is 0. The van der Waals surface area contributed by atoms with E-state index < -0.39 is 0 Å². The van der Waals surface area contributed by atoms with Gasteiger partial charge in [-0.2, -0.15) is 4.37 Å². The van der Waals surface area contributed by atoms with Crippen LogP contribution in [0.15, 0.2) is 4.99 Å². The Balaban J connectivity index is 0.00000261. The van der Waals surface area contributed by atoms with Crippen molar-refractivity contribution < 1.29 is 0 Å². The highest BCUT2D eigenvalue weighted by Gasteiger charge is 2.32. The van der Waals surface area contributed by atoms with Gasteiger partial charge in [-0.1, -0.05) is 6.92 Å². The number of aryl methyl sites for hydroxylation is 1. The molecule has 9 heteroatoms. The van der Waals surface area contributed by atoms with Gasteiger partial charge in [0.1, 0.15) is 5.82 Å². The van der Waals surface area contributed by atoms with Gasteiger partial charge < -0.3 is 20.0 Å². The van der Waals surface area contributed by atoms with Gasteiger partial charge in [-0.05, 0) is 39.8 Å². The maximum atomic E-state index is 4.98.